The molecule has 2 heterocycles. The van der Waals surface area contributed by atoms with Gasteiger partial charge >= 0.3 is 6.09 Å². The smallest absolute Gasteiger partial charge is 0.411 e. The Kier molecular flexibility index (Phi) is 8.41. The minimum absolute atomic E-state index is 0.120. The van der Waals surface area contributed by atoms with Crippen LogP contribution >= 0.6 is 24.2 Å². The molecule has 1 aliphatic heterocycles. The summed E-state index contributed by atoms with van der Waals surface area (Å²) in [5.41, 5.74) is 8.89. The van der Waals surface area contributed by atoms with Gasteiger partial charge in [-0.25, -0.2) is 9.78 Å². The van der Waals surface area contributed by atoms with Crippen molar-refractivity contribution in [2.45, 2.75) is 29.8 Å². The number of nitrogen functional groups attached to an aromatic ring is 1. The van der Waals surface area contributed by atoms with E-state index in [2.05, 4.69) is 28.2 Å². The Morgan fingerprint density at radius 2 is 1.90 bits per heavy atom. The number of halogens is 1. The number of likely N-dealkylation sites (tertiary alicyclic amines) is 1. The molecule has 0 unspecified atom stereocenters. The van der Waals surface area contributed by atoms with E-state index in [1.54, 1.807) is 30.5 Å². The van der Waals surface area contributed by atoms with Crippen molar-refractivity contribution in [3.8, 4) is 5.75 Å². The van der Waals surface area contributed by atoms with Crippen molar-refractivity contribution in [3.05, 3.63) is 83.0 Å². The molecule has 1 fully saturated rings. The Morgan fingerprint density at radius 3 is 2.68 bits per heavy atom. The molecule has 41 heavy (non-hydrogen) atoms. The third kappa shape index (κ3) is 5.98. The van der Waals surface area contributed by atoms with Crippen LogP contribution in [0.3, 0.4) is 0 Å². The minimum Gasteiger partial charge on any atom is -0.495 e. The van der Waals surface area contributed by atoms with Crippen molar-refractivity contribution in [2.24, 2.45) is 0 Å². The van der Waals surface area contributed by atoms with Crippen LogP contribution in [0.1, 0.15) is 36.1 Å². The summed E-state index contributed by atoms with van der Waals surface area (Å²) in [6, 6.07) is 17.3. The van der Waals surface area contributed by atoms with E-state index in [0.717, 1.165) is 39.8 Å². The number of rotatable bonds is 7. The number of nitrogens with zero attached hydrogens (tertiary/aromatic N) is 2. The van der Waals surface area contributed by atoms with Gasteiger partial charge in [-0.2, -0.15) is 0 Å². The number of nitrogens with one attached hydrogen (secondary N) is 2. The average molecular weight is 592 g/mol. The number of methoxy groups -OCH3 is 2. The zero-order valence-electron chi connectivity index (χ0n) is 22.6. The Morgan fingerprint density at radius 1 is 1.10 bits per heavy atom. The second-order valence-corrected chi connectivity index (χ2v) is 10.6. The largest absolute Gasteiger partial charge is 0.495 e. The summed E-state index contributed by atoms with van der Waals surface area (Å²) in [7, 11) is 2.85. The van der Waals surface area contributed by atoms with E-state index in [0.29, 0.717) is 34.4 Å². The fourth-order valence-electron chi connectivity index (χ4n) is 5.19. The van der Waals surface area contributed by atoms with Gasteiger partial charge in [0.05, 0.1) is 25.3 Å². The zero-order valence-corrected chi connectivity index (χ0v) is 24.2. The van der Waals surface area contributed by atoms with E-state index in [-0.39, 0.29) is 11.9 Å². The highest BCUT2D eigenvalue weighted by molar-refractivity contribution is 7.80. The van der Waals surface area contributed by atoms with Gasteiger partial charge in [0, 0.05) is 34.4 Å². The van der Waals surface area contributed by atoms with Gasteiger partial charge in [0.15, 0.2) is 0 Å². The van der Waals surface area contributed by atoms with Crippen molar-refractivity contribution in [1.29, 1.82) is 0 Å². The number of thiol groups is 1. The first-order chi connectivity index (χ1) is 19.8. The summed E-state index contributed by atoms with van der Waals surface area (Å²) >= 11 is 11.0. The van der Waals surface area contributed by atoms with E-state index in [1.807, 2.05) is 41.3 Å². The Labute approximate surface area is 248 Å². The number of fused-ring (bicyclic) bond motifs is 1. The summed E-state index contributed by atoms with van der Waals surface area (Å²) in [5.74, 6) is 0.791. The molecule has 1 saturated heterocycles. The highest BCUT2D eigenvalue weighted by Crippen LogP contribution is 2.40. The second kappa shape index (κ2) is 12.2. The number of carbonyl (C=O) groups excluding carboxylic acids is 2. The lowest BCUT2D eigenvalue weighted by Gasteiger charge is -2.31. The molecule has 1 aliphatic rings. The van der Waals surface area contributed by atoms with E-state index in [4.69, 9.17) is 26.8 Å². The van der Waals surface area contributed by atoms with Crippen LogP contribution in [-0.2, 0) is 9.53 Å². The van der Waals surface area contributed by atoms with Gasteiger partial charge in [0.25, 0.3) is 0 Å². The summed E-state index contributed by atoms with van der Waals surface area (Å²) < 4.78 is 10.2. The van der Waals surface area contributed by atoms with Gasteiger partial charge in [-0.05, 0) is 84.0 Å². The average Bonchev–Trinajstić information content (AvgIpc) is 3.47. The van der Waals surface area contributed by atoms with Crippen molar-refractivity contribution in [1.82, 2.24) is 9.88 Å². The van der Waals surface area contributed by atoms with Crippen molar-refractivity contribution < 1.29 is 19.1 Å². The third-order valence-corrected chi connectivity index (χ3v) is 7.94. The number of benzene rings is 3. The van der Waals surface area contributed by atoms with E-state index in [1.165, 1.54) is 14.2 Å². The maximum absolute atomic E-state index is 14.4. The Hall–Kier alpha value is -4.15. The molecule has 212 valence electrons. The Balaban J connectivity index is 1.52. The first-order valence-electron chi connectivity index (χ1n) is 13.0. The summed E-state index contributed by atoms with van der Waals surface area (Å²) in [6.45, 7) is 0.564. The van der Waals surface area contributed by atoms with Gasteiger partial charge < -0.3 is 25.4 Å². The summed E-state index contributed by atoms with van der Waals surface area (Å²) in [4.78, 5) is 33.0. The lowest BCUT2D eigenvalue weighted by molar-refractivity contribution is -0.133. The highest BCUT2D eigenvalue weighted by atomic mass is 35.5. The predicted molar refractivity (Wildman–Crippen MR) is 164 cm³/mol. The number of nitrogens with two attached hydrogens (primary N) is 1. The summed E-state index contributed by atoms with van der Waals surface area (Å²) in [5, 5.41) is 8.31. The fourth-order valence-corrected chi connectivity index (χ4v) is 5.67. The molecular weight excluding hydrogens is 562 g/mol. The maximum atomic E-state index is 14.4. The first kappa shape index (κ1) is 28.4. The van der Waals surface area contributed by atoms with Crippen LogP contribution in [0.5, 0.6) is 5.75 Å². The number of anilines is 3. The molecule has 1 aromatic heterocycles. The van der Waals surface area contributed by atoms with Crippen LogP contribution in [-0.4, -0.2) is 42.6 Å². The van der Waals surface area contributed by atoms with Crippen molar-refractivity contribution in [2.75, 3.05) is 37.1 Å². The van der Waals surface area contributed by atoms with Crippen molar-refractivity contribution >= 4 is 64.2 Å². The lowest BCUT2D eigenvalue weighted by atomic mass is 10.0. The normalized spacial score (nSPS) is 15.4. The van der Waals surface area contributed by atoms with Crippen LogP contribution in [0.15, 0.2) is 71.8 Å². The van der Waals surface area contributed by atoms with Crippen molar-refractivity contribution in [3.63, 3.8) is 0 Å². The number of ether oxygens (including phenoxy) is 2. The first-order valence-corrected chi connectivity index (χ1v) is 13.8. The minimum atomic E-state index is -0.752. The molecule has 2 amide bonds. The SMILES string of the molecule is COC(=O)Nc1ccc(S)c([C@H]2CCCN2C(=O)[C@@H](Nc2ccc3c(N)nccc3c2)c2ccc(Cl)c(OC)c2)c1. The number of hydrogen-bond acceptors (Lipinski definition) is 8. The molecule has 0 bridgehead atoms. The topological polar surface area (TPSA) is 119 Å². The quantitative estimate of drug-likeness (QED) is 0.182. The van der Waals surface area contributed by atoms with Crippen LogP contribution < -0.4 is 21.1 Å². The van der Waals surface area contributed by atoms with Crippen LogP contribution in [0, 0.1) is 0 Å². The van der Waals surface area contributed by atoms with Gasteiger partial charge in [-0.1, -0.05) is 17.7 Å². The molecule has 11 heteroatoms. The number of carbonyl (C=O) groups is 2. The monoisotopic (exact) mass is 591 g/mol. The molecule has 0 spiro atoms. The molecule has 5 rings (SSSR count). The number of pyridine rings is 1. The van der Waals surface area contributed by atoms with E-state index < -0.39 is 12.1 Å². The number of hydrogen-bond donors (Lipinski definition) is 4. The van der Waals surface area contributed by atoms with Crippen LogP contribution in [0.2, 0.25) is 5.02 Å². The third-order valence-electron chi connectivity index (χ3n) is 7.22. The van der Waals surface area contributed by atoms with E-state index >= 15 is 0 Å². The van der Waals surface area contributed by atoms with Gasteiger partial charge in [0.2, 0.25) is 5.91 Å². The molecule has 4 aromatic rings. The molecule has 2 atom stereocenters. The molecule has 0 aliphatic carbocycles. The second-order valence-electron chi connectivity index (χ2n) is 9.68. The van der Waals surface area contributed by atoms with Gasteiger partial charge in [-0.3, -0.25) is 10.1 Å². The van der Waals surface area contributed by atoms with Gasteiger partial charge in [-0.15, -0.1) is 12.6 Å². The zero-order chi connectivity index (χ0) is 29.1. The van der Waals surface area contributed by atoms with E-state index in [9.17, 15) is 9.59 Å². The fraction of sp³-hybridized carbons (Fsp3) is 0.233. The molecule has 0 radical (unpaired) electrons. The molecule has 9 nitrogen and oxygen atoms in total. The Bertz CT molecular complexity index is 1620. The molecular formula is C30H30ClN5O4S. The molecule has 3 aromatic carbocycles. The van der Waals surface area contributed by atoms with Gasteiger partial charge in [0.1, 0.15) is 17.6 Å². The standard InChI is InChI=1S/C30H30ClN5O4S/c1-39-25-15-18(5-9-23(25)31)27(34-19-6-8-21-17(14-19)11-12-33-28(21)32)29(37)36-13-3-4-24(36)22-16-20(7-10-26(22)41)35-30(38)40-2/h5-12,14-16,24,27,34,41H,3-4,13H2,1-2H3,(H2,32,33)(H,35,38)/t24-,27+/m1/s1. The number of aromatic nitrogens is 1. The number of amides is 2. The predicted octanol–water partition coefficient (Wildman–Crippen LogP) is 6.46. The lowest BCUT2D eigenvalue weighted by Crippen LogP contribution is -2.37. The molecule has 0 saturated carbocycles. The molecule has 4 N–H and O–H groups in total. The summed E-state index contributed by atoms with van der Waals surface area (Å²) in [6.07, 6.45) is 2.65. The van der Waals surface area contributed by atoms with Crippen LogP contribution in [0.25, 0.3) is 10.8 Å². The van der Waals surface area contributed by atoms with Crippen LogP contribution in [0.4, 0.5) is 22.0 Å². The highest BCUT2D eigenvalue weighted by Gasteiger charge is 2.36. The maximum Gasteiger partial charge on any atom is 0.411 e.